The van der Waals surface area contributed by atoms with E-state index in [4.69, 9.17) is 11.6 Å². The number of nitrogens with zero attached hydrogens (tertiary/aromatic N) is 1. The number of carboxylic acids is 1. The number of hydrogen-bond donors (Lipinski definition) is 1. The van der Waals surface area contributed by atoms with E-state index in [9.17, 15) is 18.3 Å². The molecule has 1 aliphatic carbocycles. The Morgan fingerprint density at radius 3 is 2.37 bits per heavy atom. The summed E-state index contributed by atoms with van der Waals surface area (Å²) in [6.07, 6.45) is 3.74. The van der Waals surface area contributed by atoms with Crippen LogP contribution in [-0.2, 0) is 15.4 Å². The number of benzene rings is 2. The largest absolute Gasteiger partial charge is 0.478 e. The van der Waals surface area contributed by atoms with Gasteiger partial charge in [-0.15, -0.1) is 0 Å². The van der Waals surface area contributed by atoms with E-state index in [2.05, 4.69) is 0 Å². The van der Waals surface area contributed by atoms with Crippen LogP contribution in [0.15, 0.2) is 47.4 Å². The highest BCUT2D eigenvalue weighted by Crippen LogP contribution is 2.59. The van der Waals surface area contributed by atoms with E-state index < -0.39 is 16.0 Å². The van der Waals surface area contributed by atoms with Crippen LogP contribution in [0.4, 0.5) is 5.69 Å². The number of carboxylic acid groups (broad SMARTS) is 1. The Morgan fingerprint density at radius 1 is 1.10 bits per heavy atom. The van der Waals surface area contributed by atoms with Gasteiger partial charge in [0.1, 0.15) is 0 Å². The van der Waals surface area contributed by atoms with Gasteiger partial charge in [0, 0.05) is 10.4 Å². The lowest BCUT2D eigenvalue weighted by Crippen LogP contribution is -2.50. The van der Waals surface area contributed by atoms with Crippen molar-refractivity contribution in [3.05, 3.63) is 58.6 Å². The molecule has 0 radical (unpaired) electrons. The van der Waals surface area contributed by atoms with Gasteiger partial charge in [0.2, 0.25) is 0 Å². The Labute approximate surface area is 185 Å². The van der Waals surface area contributed by atoms with Crippen LogP contribution >= 0.6 is 23.4 Å². The quantitative estimate of drug-likeness (QED) is 0.705. The molecule has 1 saturated carbocycles. The maximum absolute atomic E-state index is 13.9. The Hall–Kier alpha value is -1.70. The predicted molar refractivity (Wildman–Crippen MR) is 119 cm³/mol. The molecular formula is C22H22ClNO4S2. The van der Waals surface area contributed by atoms with Crippen molar-refractivity contribution in [3.8, 4) is 0 Å². The summed E-state index contributed by atoms with van der Waals surface area (Å²) in [5.41, 5.74) is 1.41. The van der Waals surface area contributed by atoms with Crippen molar-refractivity contribution >= 4 is 45.0 Å². The standard InChI is InChI=1S/C22H22ClNO4S2/c23-16-4-6-17(7-5-16)30(27,28)24-19-8-3-15(21(25)26)13-18(19)22(9-11-29-12-10-22)20(24)14-1-2-14/h3-8,13-14,20H,1-2,9-12H2,(H,25,26). The van der Waals surface area contributed by atoms with Crippen molar-refractivity contribution in [1.29, 1.82) is 0 Å². The maximum Gasteiger partial charge on any atom is 0.335 e. The Balaban J connectivity index is 1.73. The van der Waals surface area contributed by atoms with Gasteiger partial charge in [0.25, 0.3) is 10.0 Å². The molecule has 30 heavy (non-hydrogen) atoms. The minimum absolute atomic E-state index is 0.168. The van der Waals surface area contributed by atoms with Crippen LogP contribution in [0.1, 0.15) is 41.6 Å². The van der Waals surface area contributed by atoms with Gasteiger partial charge >= 0.3 is 5.97 Å². The summed E-state index contributed by atoms with van der Waals surface area (Å²) in [4.78, 5) is 11.9. The summed E-state index contributed by atoms with van der Waals surface area (Å²) in [6.45, 7) is 0. The molecule has 0 aromatic heterocycles. The van der Waals surface area contributed by atoms with Crippen molar-refractivity contribution in [2.24, 2.45) is 5.92 Å². The van der Waals surface area contributed by atoms with Gasteiger partial charge in [-0.2, -0.15) is 11.8 Å². The van der Waals surface area contributed by atoms with E-state index in [1.54, 1.807) is 40.7 Å². The van der Waals surface area contributed by atoms with E-state index in [1.165, 1.54) is 6.07 Å². The minimum atomic E-state index is -3.81. The van der Waals surface area contributed by atoms with Gasteiger partial charge in [-0.05, 0) is 91.1 Å². The third-order valence-corrected chi connectivity index (χ3v) is 9.71. The van der Waals surface area contributed by atoms with Gasteiger partial charge in [-0.3, -0.25) is 4.31 Å². The normalized spacial score (nSPS) is 22.8. The molecule has 1 atom stereocenters. The average Bonchev–Trinajstić information content (AvgIpc) is 3.53. The third kappa shape index (κ3) is 3.05. The molecule has 1 N–H and O–H groups in total. The number of thioether (sulfide) groups is 1. The predicted octanol–water partition coefficient (Wildman–Crippen LogP) is 4.79. The second-order valence-electron chi connectivity index (χ2n) is 8.34. The van der Waals surface area contributed by atoms with Gasteiger partial charge in [-0.1, -0.05) is 11.6 Å². The molecule has 5 rings (SSSR count). The van der Waals surface area contributed by atoms with E-state index in [0.717, 1.165) is 42.8 Å². The van der Waals surface area contributed by atoms with Crippen molar-refractivity contribution in [2.75, 3.05) is 15.8 Å². The number of halogens is 1. The summed E-state index contributed by atoms with van der Waals surface area (Å²) < 4.78 is 29.3. The molecule has 1 saturated heterocycles. The van der Waals surface area contributed by atoms with E-state index in [0.29, 0.717) is 16.6 Å². The molecule has 158 valence electrons. The lowest BCUT2D eigenvalue weighted by Gasteiger charge is -2.41. The van der Waals surface area contributed by atoms with Crippen molar-refractivity contribution in [3.63, 3.8) is 0 Å². The molecule has 0 amide bonds. The number of carbonyl (C=O) groups is 1. The van der Waals surface area contributed by atoms with E-state index in [1.807, 2.05) is 11.8 Å². The molecule has 1 unspecified atom stereocenters. The Kier molecular flexibility index (Phi) is 4.84. The fraction of sp³-hybridized carbons (Fsp3) is 0.409. The van der Waals surface area contributed by atoms with E-state index >= 15 is 0 Å². The van der Waals surface area contributed by atoms with Gasteiger partial charge < -0.3 is 5.11 Å². The number of anilines is 1. The summed E-state index contributed by atoms with van der Waals surface area (Å²) >= 11 is 7.87. The van der Waals surface area contributed by atoms with Crippen LogP contribution in [-0.4, -0.2) is 37.0 Å². The lowest BCUT2D eigenvalue weighted by molar-refractivity contribution is 0.0696. The maximum atomic E-state index is 13.9. The van der Waals surface area contributed by atoms with E-state index in [-0.39, 0.29) is 21.9 Å². The molecule has 3 aliphatic rings. The highest BCUT2D eigenvalue weighted by atomic mass is 35.5. The first-order valence-electron chi connectivity index (χ1n) is 10.1. The zero-order chi connectivity index (χ0) is 21.1. The molecule has 2 aliphatic heterocycles. The average molecular weight is 464 g/mol. The monoisotopic (exact) mass is 463 g/mol. The minimum Gasteiger partial charge on any atom is -0.478 e. The molecule has 2 aromatic rings. The van der Waals surface area contributed by atoms with Gasteiger partial charge in [0.05, 0.1) is 22.2 Å². The third-order valence-electron chi connectivity index (χ3n) is 6.66. The van der Waals surface area contributed by atoms with Gasteiger partial charge in [0.15, 0.2) is 0 Å². The van der Waals surface area contributed by atoms with Crippen molar-refractivity contribution < 1.29 is 18.3 Å². The Morgan fingerprint density at radius 2 is 1.77 bits per heavy atom. The molecule has 2 aromatic carbocycles. The number of hydrogen-bond acceptors (Lipinski definition) is 4. The fourth-order valence-electron chi connectivity index (χ4n) is 5.15. The zero-order valence-electron chi connectivity index (χ0n) is 16.3. The van der Waals surface area contributed by atoms with Crippen LogP contribution < -0.4 is 4.31 Å². The van der Waals surface area contributed by atoms with Gasteiger partial charge in [-0.25, -0.2) is 13.2 Å². The molecule has 1 spiro atoms. The first kappa shape index (κ1) is 20.2. The van der Waals surface area contributed by atoms with Crippen LogP contribution in [0.3, 0.4) is 0 Å². The molecule has 2 fully saturated rings. The highest BCUT2D eigenvalue weighted by molar-refractivity contribution is 7.99. The SMILES string of the molecule is O=C(O)c1ccc2c(c1)C1(CCSCC1)C(C1CC1)N2S(=O)(=O)c1ccc(Cl)cc1. The van der Waals surface area contributed by atoms with Crippen LogP contribution in [0.25, 0.3) is 0 Å². The topological polar surface area (TPSA) is 74.7 Å². The number of aromatic carboxylic acids is 1. The summed E-state index contributed by atoms with van der Waals surface area (Å²) in [5, 5.41) is 10.1. The van der Waals surface area contributed by atoms with Crippen molar-refractivity contribution in [1.82, 2.24) is 0 Å². The smallest absolute Gasteiger partial charge is 0.335 e. The first-order chi connectivity index (χ1) is 14.3. The van der Waals surface area contributed by atoms with Crippen LogP contribution in [0.5, 0.6) is 0 Å². The first-order valence-corrected chi connectivity index (χ1v) is 13.1. The van der Waals surface area contributed by atoms with Crippen molar-refractivity contribution in [2.45, 2.75) is 42.0 Å². The highest BCUT2D eigenvalue weighted by Gasteiger charge is 2.59. The molecule has 5 nitrogen and oxygen atoms in total. The molecule has 8 heteroatoms. The molecular weight excluding hydrogens is 442 g/mol. The molecule has 0 bridgehead atoms. The molecule has 2 heterocycles. The number of fused-ring (bicyclic) bond motifs is 2. The summed E-state index contributed by atoms with van der Waals surface area (Å²) in [5.74, 6) is 1.22. The second kappa shape index (κ2) is 7.18. The van der Waals surface area contributed by atoms with Crippen LogP contribution in [0.2, 0.25) is 5.02 Å². The summed E-state index contributed by atoms with van der Waals surface area (Å²) in [7, 11) is -3.81. The van der Waals surface area contributed by atoms with Crippen LogP contribution in [0, 0.1) is 5.92 Å². The number of sulfonamides is 1. The zero-order valence-corrected chi connectivity index (χ0v) is 18.6. The summed E-state index contributed by atoms with van der Waals surface area (Å²) in [6, 6.07) is 11.1. The Bertz CT molecular complexity index is 1110. The fourth-order valence-corrected chi connectivity index (χ4v) is 8.29. The lowest BCUT2D eigenvalue weighted by atomic mass is 9.70. The number of rotatable bonds is 4. The second-order valence-corrected chi connectivity index (χ2v) is 11.8.